The summed E-state index contributed by atoms with van der Waals surface area (Å²) in [6.45, 7) is -0.0346. The van der Waals surface area contributed by atoms with Crippen LogP contribution in [0.15, 0.2) is 22.7 Å². The molecule has 0 saturated heterocycles. The fourth-order valence-corrected chi connectivity index (χ4v) is 2.30. The van der Waals surface area contributed by atoms with Crippen LogP contribution in [0.25, 0.3) is 0 Å². The van der Waals surface area contributed by atoms with Crippen LogP contribution in [0, 0.1) is 11.7 Å². The molecule has 4 heteroatoms. The van der Waals surface area contributed by atoms with Crippen molar-refractivity contribution in [3.8, 4) is 0 Å². The summed E-state index contributed by atoms with van der Waals surface area (Å²) in [6, 6.07) is 4.70. The van der Waals surface area contributed by atoms with Gasteiger partial charge in [0.15, 0.2) is 0 Å². The summed E-state index contributed by atoms with van der Waals surface area (Å²) >= 11 is 3.18. The molecule has 2 rings (SSSR count). The molecule has 1 aliphatic carbocycles. The molecular formula is C12H14BrF2N. The molecule has 1 atom stereocenters. The Balaban J connectivity index is 2.18. The van der Waals surface area contributed by atoms with Gasteiger partial charge >= 0.3 is 0 Å². The topological polar surface area (TPSA) is 26.0 Å². The minimum atomic E-state index is -1.44. The van der Waals surface area contributed by atoms with E-state index >= 15 is 0 Å². The van der Waals surface area contributed by atoms with Crippen LogP contribution in [0.3, 0.4) is 0 Å². The van der Waals surface area contributed by atoms with Gasteiger partial charge in [-0.3, -0.25) is 0 Å². The Morgan fingerprint density at radius 1 is 1.44 bits per heavy atom. The first kappa shape index (κ1) is 12.0. The molecule has 2 N–H and O–H groups in total. The number of halogens is 3. The van der Waals surface area contributed by atoms with Crippen molar-refractivity contribution in [2.75, 3.05) is 6.54 Å². The van der Waals surface area contributed by atoms with Crippen LogP contribution in [0.1, 0.15) is 18.4 Å². The molecule has 0 heterocycles. The fourth-order valence-electron chi connectivity index (χ4n) is 1.97. The van der Waals surface area contributed by atoms with Crippen molar-refractivity contribution >= 4 is 15.9 Å². The Kier molecular flexibility index (Phi) is 3.31. The minimum absolute atomic E-state index is 0.0144. The number of alkyl halides is 1. The van der Waals surface area contributed by atoms with Crippen LogP contribution in [0.5, 0.6) is 0 Å². The van der Waals surface area contributed by atoms with Crippen LogP contribution in [-0.4, -0.2) is 12.2 Å². The Morgan fingerprint density at radius 2 is 2.12 bits per heavy atom. The largest absolute Gasteiger partial charge is 0.328 e. The first-order valence-electron chi connectivity index (χ1n) is 5.38. The number of hydrogen-bond donors (Lipinski definition) is 1. The third-order valence-electron chi connectivity index (χ3n) is 3.15. The van der Waals surface area contributed by atoms with E-state index in [2.05, 4.69) is 15.9 Å². The predicted octanol–water partition coefficient (Wildman–Crippen LogP) is 3.21. The molecule has 0 bridgehead atoms. The molecule has 1 aliphatic rings. The lowest BCUT2D eigenvalue weighted by atomic mass is 9.91. The quantitative estimate of drug-likeness (QED) is 0.905. The normalized spacial score (nSPS) is 19.5. The van der Waals surface area contributed by atoms with Crippen LogP contribution in [0.2, 0.25) is 0 Å². The standard InChI is InChI=1S/C12H14BrF2N/c13-10-4-1-8(11(14)5-10)6-12(15,7-16)9-2-3-9/h1,4-5,9H,2-3,6-7,16H2. The van der Waals surface area contributed by atoms with Crippen molar-refractivity contribution in [2.45, 2.75) is 24.9 Å². The molecule has 1 fully saturated rings. The van der Waals surface area contributed by atoms with Gasteiger partial charge in [0.05, 0.1) is 0 Å². The molecule has 0 spiro atoms. The Hall–Kier alpha value is -0.480. The Bertz CT molecular complexity index is 393. The lowest BCUT2D eigenvalue weighted by Crippen LogP contribution is -2.38. The molecule has 1 saturated carbocycles. The summed E-state index contributed by atoms with van der Waals surface area (Å²) in [5.41, 5.74) is 4.44. The summed E-state index contributed by atoms with van der Waals surface area (Å²) in [5, 5.41) is 0. The van der Waals surface area contributed by atoms with E-state index in [-0.39, 0.29) is 24.7 Å². The number of hydrogen-bond acceptors (Lipinski definition) is 1. The van der Waals surface area contributed by atoms with Gasteiger partial charge in [-0.25, -0.2) is 8.78 Å². The van der Waals surface area contributed by atoms with Gasteiger partial charge < -0.3 is 5.73 Å². The zero-order chi connectivity index (χ0) is 11.8. The molecule has 88 valence electrons. The van der Waals surface area contributed by atoms with E-state index in [1.807, 2.05) is 0 Å². The highest BCUT2D eigenvalue weighted by atomic mass is 79.9. The van der Waals surface area contributed by atoms with Gasteiger partial charge in [-0.1, -0.05) is 22.0 Å². The van der Waals surface area contributed by atoms with Crippen LogP contribution >= 0.6 is 15.9 Å². The number of rotatable bonds is 4. The van der Waals surface area contributed by atoms with E-state index in [9.17, 15) is 8.78 Å². The van der Waals surface area contributed by atoms with Gasteiger partial charge in [-0.15, -0.1) is 0 Å². The van der Waals surface area contributed by atoms with Crippen LogP contribution in [0.4, 0.5) is 8.78 Å². The zero-order valence-corrected chi connectivity index (χ0v) is 10.4. The predicted molar refractivity (Wildman–Crippen MR) is 63.4 cm³/mol. The lowest BCUT2D eigenvalue weighted by molar-refractivity contribution is 0.141. The second-order valence-electron chi connectivity index (χ2n) is 4.43. The molecule has 1 aromatic rings. The van der Waals surface area contributed by atoms with Crippen molar-refractivity contribution in [1.82, 2.24) is 0 Å². The average Bonchev–Trinajstić information content (AvgIpc) is 3.06. The van der Waals surface area contributed by atoms with E-state index in [1.165, 1.54) is 6.07 Å². The van der Waals surface area contributed by atoms with Crippen molar-refractivity contribution in [3.63, 3.8) is 0 Å². The zero-order valence-electron chi connectivity index (χ0n) is 8.85. The maximum Gasteiger partial charge on any atom is 0.130 e. The van der Waals surface area contributed by atoms with Crippen molar-refractivity contribution < 1.29 is 8.78 Å². The highest BCUT2D eigenvalue weighted by molar-refractivity contribution is 9.10. The van der Waals surface area contributed by atoms with E-state index in [0.29, 0.717) is 10.0 Å². The van der Waals surface area contributed by atoms with E-state index in [0.717, 1.165) is 12.8 Å². The SMILES string of the molecule is NCC(F)(Cc1ccc(Br)cc1F)C1CC1. The summed E-state index contributed by atoms with van der Waals surface area (Å²) in [7, 11) is 0. The van der Waals surface area contributed by atoms with Gasteiger partial charge in [0.1, 0.15) is 11.5 Å². The summed E-state index contributed by atoms with van der Waals surface area (Å²) < 4.78 is 28.6. The second-order valence-corrected chi connectivity index (χ2v) is 5.34. The van der Waals surface area contributed by atoms with Gasteiger partial charge in [0.25, 0.3) is 0 Å². The lowest BCUT2D eigenvalue weighted by Gasteiger charge is -2.23. The van der Waals surface area contributed by atoms with Crippen molar-refractivity contribution in [2.24, 2.45) is 11.7 Å². The second kappa shape index (κ2) is 4.41. The summed E-state index contributed by atoms with van der Waals surface area (Å²) in [4.78, 5) is 0. The summed E-state index contributed by atoms with van der Waals surface area (Å²) in [6.07, 6.45) is 1.81. The average molecular weight is 290 g/mol. The van der Waals surface area contributed by atoms with E-state index in [1.54, 1.807) is 12.1 Å². The molecule has 1 aromatic carbocycles. The van der Waals surface area contributed by atoms with Crippen LogP contribution < -0.4 is 5.73 Å². The van der Waals surface area contributed by atoms with Gasteiger partial charge in [0.2, 0.25) is 0 Å². The van der Waals surface area contributed by atoms with Crippen molar-refractivity contribution in [1.29, 1.82) is 0 Å². The van der Waals surface area contributed by atoms with E-state index < -0.39 is 5.67 Å². The molecule has 0 amide bonds. The maximum atomic E-state index is 14.4. The minimum Gasteiger partial charge on any atom is -0.328 e. The Morgan fingerprint density at radius 3 is 2.62 bits per heavy atom. The third-order valence-corrected chi connectivity index (χ3v) is 3.64. The Labute approximate surface area is 102 Å². The smallest absolute Gasteiger partial charge is 0.130 e. The van der Waals surface area contributed by atoms with Gasteiger partial charge in [-0.05, 0) is 36.5 Å². The highest BCUT2D eigenvalue weighted by Gasteiger charge is 2.45. The maximum absolute atomic E-state index is 14.4. The van der Waals surface area contributed by atoms with Gasteiger partial charge in [-0.2, -0.15) is 0 Å². The number of nitrogens with two attached hydrogens (primary N) is 1. The molecule has 0 aliphatic heterocycles. The van der Waals surface area contributed by atoms with Gasteiger partial charge in [0, 0.05) is 17.4 Å². The first-order chi connectivity index (χ1) is 7.55. The monoisotopic (exact) mass is 289 g/mol. The van der Waals surface area contributed by atoms with Crippen LogP contribution in [-0.2, 0) is 6.42 Å². The number of benzene rings is 1. The molecular weight excluding hydrogens is 276 g/mol. The van der Waals surface area contributed by atoms with Crippen molar-refractivity contribution in [3.05, 3.63) is 34.1 Å². The van der Waals surface area contributed by atoms with E-state index in [4.69, 9.17) is 5.73 Å². The molecule has 16 heavy (non-hydrogen) atoms. The molecule has 1 nitrogen and oxygen atoms in total. The first-order valence-corrected chi connectivity index (χ1v) is 6.17. The molecule has 0 aromatic heterocycles. The fraction of sp³-hybridized carbons (Fsp3) is 0.500. The highest BCUT2D eigenvalue weighted by Crippen LogP contribution is 2.43. The summed E-state index contributed by atoms with van der Waals surface area (Å²) in [5.74, 6) is -0.356. The third kappa shape index (κ3) is 2.43. The molecule has 0 radical (unpaired) electrons. The molecule has 1 unspecified atom stereocenters.